The Hall–Kier alpha value is -1.95. The molecule has 6 nitrogen and oxygen atoms in total. The van der Waals surface area contributed by atoms with Crippen LogP contribution in [0.3, 0.4) is 0 Å². The van der Waals surface area contributed by atoms with E-state index >= 15 is 0 Å². The SMILES string of the molecule is CCc1ccc(C(=O)N2CCCCC2C(C)N)cc1[N+](=O)[O-]. The van der Waals surface area contributed by atoms with Gasteiger partial charge in [-0.15, -0.1) is 0 Å². The molecular formula is C16H23N3O3. The summed E-state index contributed by atoms with van der Waals surface area (Å²) in [5.74, 6) is -0.159. The lowest BCUT2D eigenvalue weighted by Crippen LogP contribution is -2.51. The molecule has 0 saturated carbocycles. The van der Waals surface area contributed by atoms with Gasteiger partial charge in [0.15, 0.2) is 0 Å². The first-order valence-corrected chi connectivity index (χ1v) is 7.79. The number of nitrogens with zero attached hydrogens (tertiary/aromatic N) is 2. The lowest BCUT2D eigenvalue weighted by atomic mass is 9.95. The zero-order valence-corrected chi connectivity index (χ0v) is 13.1. The number of nitrogens with two attached hydrogens (primary N) is 1. The Morgan fingerprint density at radius 2 is 2.23 bits per heavy atom. The molecule has 0 spiro atoms. The van der Waals surface area contributed by atoms with Crippen molar-refractivity contribution in [3.05, 3.63) is 39.4 Å². The van der Waals surface area contributed by atoms with Crippen LogP contribution in [0.25, 0.3) is 0 Å². The van der Waals surface area contributed by atoms with E-state index in [1.54, 1.807) is 17.0 Å². The fourth-order valence-corrected chi connectivity index (χ4v) is 3.09. The molecule has 120 valence electrons. The zero-order chi connectivity index (χ0) is 16.3. The molecule has 0 radical (unpaired) electrons. The molecule has 2 unspecified atom stereocenters. The first-order chi connectivity index (χ1) is 10.5. The summed E-state index contributed by atoms with van der Waals surface area (Å²) in [6.07, 6.45) is 3.46. The van der Waals surface area contributed by atoms with Gasteiger partial charge in [0, 0.05) is 35.8 Å². The quantitative estimate of drug-likeness (QED) is 0.683. The van der Waals surface area contributed by atoms with E-state index in [0.29, 0.717) is 24.1 Å². The van der Waals surface area contributed by atoms with Gasteiger partial charge in [-0.2, -0.15) is 0 Å². The summed E-state index contributed by atoms with van der Waals surface area (Å²) in [7, 11) is 0. The molecule has 1 amide bonds. The predicted molar refractivity (Wildman–Crippen MR) is 84.8 cm³/mol. The summed E-state index contributed by atoms with van der Waals surface area (Å²) in [5.41, 5.74) is 7.03. The fourth-order valence-electron chi connectivity index (χ4n) is 3.09. The molecule has 1 aromatic carbocycles. The highest BCUT2D eigenvalue weighted by atomic mass is 16.6. The van der Waals surface area contributed by atoms with Crippen LogP contribution in [0, 0.1) is 10.1 Å². The third kappa shape index (κ3) is 3.27. The lowest BCUT2D eigenvalue weighted by molar-refractivity contribution is -0.385. The molecule has 0 aromatic heterocycles. The van der Waals surface area contributed by atoms with E-state index in [4.69, 9.17) is 5.73 Å². The molecular weight excluding hydrogens is 282 g/mol. The van der Waals surface area contributed by atoms with Crippen LogP contribution < -0.4 is 5.73 Å². The summed E-state index contributed by atoms with van der Waals surface area (Å²) in [6.45, 7) is 4.42. The smallest absolute Gasteiger partial charge is 0.273 e. The lowest BCUT2D eigenvalue weighted by Gasteiger charge is -2.38. The number of benzene rings is 1. The van der Waals surface area contributed by atoms with Crippen LogP contribution in [-0.2, 0) is 6.42 Å². The zero-order valence-electron chi connectivity index (χ0n) is 13.1. The number of hydrogen-bond acceptors (Lipinski definition) is 4. The summed E-state index contributed by atoms with van der Waals surface area (Å²) < 4.78 is 0. The number of carbonyl (C=O) groups is 1. The van der Waals surface area contributed by atoms with Gasteiger partial charge in [-0.05, 0) is 38.7 Å². The monoisotopic (exact) mass is 305 g/mol. The van der Waals surface area contributed by atoms with Gasteiger partial charge in [0.05, 0.1) is 4.92 Å². The van der Waals surface area contributed by atoms with Gasteiger partial charge in [-0.25, -0.2) is 0 Å². The predicted octanol–water partition coefficient (Wildman–Crippen LogP) is 2.50. The van der Waals surface area contributed by atoms with Gasteiger partial charge >= 0.3 is 0 Å². The minimum absolute atomic E-state index is 0.00570. The molecule has 6 heteroatoms. The molecule has 1 aliphatic heterocycles. The highest BCUT2D eigenvalue weighted by Gasteiger charge is 2.30. The normalized spacial score (nSPS) is 19.8. The minimum atomic E-state index is -0.422. The number of nitro groups is 1. The van der Waals surface area contributed by atoms with E-state index in [-0.39, 0.29) is 23.7 Å². The fraction of sp³-hybridized carbons (Fsp3) is 0.562. The van der Waals surface area contributed by atoms with Crippen LogP contribution in [0.4, 0.5) is 5.69 Å². The number of rotatable bonds is 4. The molecule has 0 aliphatic carbocycles. The summed E-state index contributed by atoms with van der Waals surface area (Å²) in [6, 6.07) is 4.66. The van der Waals surface area contributed by atoms with E-state index in [0.717, 1.165) is 19.3 Å². The number of aryl methyl sites for hydroxylation is 1. The standard InChI is InChI=1S/C16H23N3O3/c1-3-12-7-8-13(10-15(12)19(21)22)16(20)18-9-5-4-6-14(18)11(2)17/h7-8,10-11,14H,3-6,9,17H2,1-2H3. The van der Waals surface area contributed by atoms with Gasteiger partial charge in [0.25, 0.3) is 11.6 Å². The average Bonchev–Trinajstić information content (AvgIpc) is 2.53. The van der Waals surface area contributed by atoms with Crippen molar-refractivity contribution in [2.75, 3.05) is 6.54 Å². The number of piperidine rings is 1. The van der Waals surface area contributed by atoms with Crippen LogP contribution in [0.1, 0.15) is 49.0 Å². The Bertz CT molecular complexity index is 572. The molecule has 1 fully saturated rings. The second kappa shape index (κ2) is 6.87. The van der Waals surface area contributed by atoms with E-state index in [1.165, 1.54) is 6.07 Å². The van der Waals surface area contributed by atoms with Crippen molar-refractivity contribution >= 4 is 11.6 Å². The van der Waals surface area contributed by atoms with Crippen molar-refractivity contribution in [3.63, 3.8) is 0 Å². The Morgan fingerprint density at radius 3 is 2.82 bits per heavy atom. The van der Waals surface area contributed by atoms with Gasteiger partial charge in [0.2, 0.25) is 0 Å². The Morgan fingerprint density at radius 1 is 1.50 bits per heavy atom. The number of nitro benzene ring substituents is 1. The highest BCUT2D eigenvalue weighted by Crippen LogP contribution is 2.25. The molecule has 1 aliphatic rings. The van der Waals surface area contributed by atoms with E-state index < -0.39 is 4.92 Å². The van der Waals surface area contributed by atoms with Gasteiger partial charge < -0.3 is 10.6 Å². The van der Waals surface area contributed by atoms with Crippen LogP contribution in [0.2, 0.25) is 0 Å². The van der Waals surface area contributed by atoms with E-state index in [2.05, 4.69) is 0 Å². The van der Waals surface area contributed by atoms with Crippen molar-refractivity contribution in [1.82, 2.24) is 4.90 Å². The maximum absolute atomic E-state index is 12.7. The molecule has 2 N–H and O–H groups in total. The van der Waals surface area contributed by atoms with Crippen LogP contribution in [0.15, 0.2) is 18.2 Å². The molecule has 1 aromatic rings. The molecule has 1 saturated heterocycles. The van der Waals surface area contributed by atoms with Crippen molar-refractivity contribution in [3.8, 4) is 0 Å². The minimum Gasteiger partial charge on any atom is -0.334 e. The molecule has 2 rings (SSSR count). The Kier molecular flexibility index (Phi) is 5.13. The van der Waals surface area contributed by atoms with Gasteiger partial charge in [0.1, 0.15) is 0 Å². The third-order valence-corrected chi connectivity index (χ3v) is 4.33. The second-order valence-corrected chi connectivity index (χ2v) is 5.87. The average molecular weight is 305 g/mol. The number of hydrogen-bond donors (Lipinski definition) is 1. The van der Waals surface area contributed by atoms with Crippen molar-refractivity contribution in [2.24, 2.45) is 5.73 Å². The van der Waals surface area contributed by atoms with E-state index in [1.807, 2.05) is 13.8 Å². The summed E-state index contributed by atoms with van der Waals surface area (Å²) in [4.78, 5) is 25.3. The number of carbonyl (C=O) groups excluding carboxylic acids is 1. The van der Waals surface area contributed by atoms with E-state index in [9.17, 15) is 14.9 Å². The second-order valence-electron chi connectivity index (χ2n) is 5.87. The van der Waals surface area contributed by atoms with Crippen LogP contribution >= 0.6 is 0 Å². The molecule has 0 bridgehead atoms. The maximum Gasteiger partial charge on any atom is 0.273 e. The third-order valence-electron chi connectivity index (χ3n) is 4.33. The van der Waals surface area contributed by atoms with Crippen LogP contribution in [0.5, 0.6) is 0 Å². The first-order valence-electron chi connectivity index (χ1n) is 7.79. The van der Waals surface area contributed by atoms with Gasteiger partial charge in [-0.1, -0.05) is 13.0 Å². The molecule has 1 heterocycles. The molecule has 2 atom stereocenters. The number of likely N-dealkylation sites (tertiary alicyclic amines) is 1. The Balaban J connectivity index is 2.32. The summed E-state index contributed by atoms with van der Waals surface area (Å²) in [5, 5.41) is 11.2. The largest absolute Gasteiger partial charge is 0.334 e. The number of amides is 1. The highest BCUT2D eigenvalue weighted by molar-refractivity contribution is 5.95. The topological polar surface area (TPSA) is 89.5 Å². The summed E-state index contributed by atoms with van der Waals surface area (Å²) >= 11 is 0. The van der Waals surface area contributed by atoms with Crippen molar-refractivity contribution in [1.29, 1.82) is 0 Å². The first kappa shape index (κ1) is 16.4. The van der Waals surface area contributed by atoms with Crippen molar-refractivity contribution < 1.29 is 9.72 Å². The Labute approximate surface area is 130 Å². The van der Waals surface area contributed by atoms with Gasteiger partial charge in [-0.3, -0.25) is 14.9 Å². The van der Waals surface area contributed by atoms with Crippen LogP contribution in [-0.4, -0.2) is 34.4 Å². The maximum atomic E-state index is 12.7. The van der Waals surface area contributed by atoms with Crippen molar-refractivity contribution in [2.45, 2.75) is 51.6 Å². The molecule has 22 heavy (non-hydrogen) atoms.